The molecule has 0 saturated carbocycles. The van der Waals surface area contributed by atoms with Crippen LogP contribution in [0.15, 0.2) is 0 Å². The van der Waals surface area contributed by atoms with Crippen molar-refractivity contribution in [1.82, 2.24) is 9.80 Å². The van der Waals surface area contributed by atoms with Crippen molar-refractivity contribution in [3.63, 3.8) is 0 Å². The first kappa shape index (κ1) is 12.0. The number of nitrogens with zero attached hydrogens (tertiary/aromatic N) is 2. The molecular formula is C10H18N2O3. The number of aliphatic carboxylic acids is 1. The monoisotopic (exact) mass is 214 g/mol. The summed E-state index contributed by atoms with van der Waals surface area (Å²) in [5.41, 5.74) is 0. The van der Waals surface area contributed by atoms with Crippen LogP contribution in [0.4, 0.5) is 0 Å². The van der Waals surface area contributed by atoms with Crippen LogP contribution in [0.3, 0.4) is 0 Å². The van der Waals surface area contributed by atoms with Gasteiger partial charge in [-0.2, -0.15) is 0 Å². The first-order chi connectivity index (χ1) is 7.06. The van der Waals surface area contributed by atoms with E-state index in [1.165, 1.54) is 0 Å². The quantitative estimate of drug-likeness (QED) is 0.719. The summed E-state index contributed by atoms with van der Waals surface area (Å²) >= 11 is 0. The highest BCUT2D eigenvalue weighted by molar-refractivity contribution is 5.74. The number of piperazine rings is 1. The van der Waals surface area contributed by atoms with E-state index < -0.39 is 12.0 Å². The van der Waals surface area contributed by atoms with Crippen LogP contribution < -0.4 is 0 Å². The summed E-state index contributed by atoms with van der Waals surface area (Å²) < 4.78 is 0. The lowest BCUT2D eigenvalue weighted by atomic mass is 10.1. The minimum atomic E-state index is -0.770. The number of carboxylic acids is 1. The van der Waals surface area contributed by atoms with Gasteiger partial charge in [0.2, 0.25) is 5.91 Å². The van der Waals surface area contributed by atoms with Gasteiger partial charge in [-0.3, -0.25) is 14.5 Å². The third kappa shape index (κ3) is 2.92. The van der Waals surface area contributed by atoms with Crippen molar-refractivity contribution < 1.29 is 14.7 Å². The lowest BCUT2D eigenvalue weighted by molar-refractivity contribution is -0.144. The Labute approximate surface area is 89.7 Å². The summed E-state index contributed by atoms with van der Waals surface area (Å²) in [6, 6.07) is -0.404. The number of hydrogen-bond acceptors (Lipinski definition) is 3. The Morgan fingerprint density at radius 3 is 2.13 bits per heavy atom. The van der Waals surface area contributed by atoms with Crippen molar-refractivity contribution in [3.8, 4) is 0 Å². The Balaban J connectivity index is 2.49. The van der Waals surface area contributed by atoms with E-state index in [1.54, 1.807) is 11.8 Å². The van der Waals surface area contributed by atoms with Crippen molar-refractivity contribution in [1.29, 1.82) is 0 Å². The summed E-state index contributed by atoms with van der Waals surface area (Å²) in [6.45, 7) is 6.01. The summed E-state index contributed by atoms with van der Waals surface area (Å²) in [4.78, 5) is 25.7. The number of carbonyl (C=O) groups is 2. The van der Waals surface area contributed by atoms with Gasteiger partial charge in [-0.15, -0.1) is 0 Å². The molecule has 1 aliphatic rings. The van der Waals surface area contributed by atoms with Crippen LogP contribution in [0.1, 0.15) is 20.3 Å². The molecule has 1 atom stereocenters. The zero-order chi connectivity index (χ0) is 11.4. The van der Waals surface area contributed by atoms with Gasteiger partial charge >= 0.3 is 5.97 Å². The standard InChI is InChI=1S/C10H18N2O3/c1-3-9(10(14)15)12-6-4-11(5-7-12)8(2)13/h9H,3-7H2,1-2H3,(H,14,15)/t9-/m0/s1. The van der Waals surface area contributed by atoms with E-state index in [1.807, 2.05) is 11.8 Å². The fourth-order valence-corrected chi connectivity index (χ4v) is 1.94. The second kappa shape index (κ2) is 5.11. The molecular weight excluding hydrogens is 196 g/mol. The zero-order valence-electron chi connectivity index (χ0n) is 9.27. The van der Waals surface area contributed by atoms with Crippen molar-refractivity contribution in [2.75, 3.05) is 26.2 Å². The Morgan fingerprint density at radius 1 is 1.27 bits per heavy atom. The van der Waals surface area contributed by atoms with Crippen LogP contribution in [0.25, 0.3) is 0 Å². The van der Waals surface area contributed by atoms with Crippen LogP contribution in [0.2, 0.25) is 0 Å². The zero-order valence-corrected chi connectivity index (χ0v) is 9.27. The molecule has 0 spiro atoms. The van der Waals surface area contributed by atoms with Crippen LogP contribution in [0.5, 0.6) is 0 Å². The predicted octanol–water partition coefficient (Wildman–Crippen LogP) is 0.0137. The lowest BCUT2D eigenvalue weighted by Gasteiger charge is -2.36. The van der Waals surface area contributed by atoms with E-state index in [9.17, 15) is 9.59 Å². The summed E-state index contributed by atoms with van der Waals surface area (Å²) in [7, 11) is 0. The van der Waals surface area contributed by atoms with Gasteiger partial charge in [-0.05, 0) is 6.42 Å². The fourth-order valence-electron chi connectivity index (χ4n) is 1.94. The Morgan fingerprint density at radius 2 is 1.80 bits per heavy atom. The van der Waals surface area contributed by atoms with E-state index in [0.29, 0.717) is 32.6 Å². The molecule has 0 bridgehead atoms. The second-order valence-corrected chi connectivity index (χ2v) is 3.80. The van der Waals surface area contributed by atoms with Gasteiger partial charge in [0.1, 0.15) is 6.04 Å². The lowest BCUT2D eigenvalue weighted by Crippen LogP contribution is -2.53. The normalized spacial score (nSPS) is 20.0. The van der Waals surface area contributed by atoms with Gasteiger partial charge in [0.25, 0.3) is 0 Å². The van der Waals surface area contributed by atoms with E-state index >= 15 is 0 Å². The minimum absolute atomic E-state index is 0.0676. The molecule has 0 aromatic heterocycles. The molecule has 1 heterocycles. The van der Waals surface area contributed by atoms with Gasteiger partial charge < -0.3 is 10.0 Å². The maximum absolute atomic E-state index is 11.1. The van der Waals surface area contributed by atoms with Crippen LogP contribution in [-0.4, -0.2) is 59.0 Å². The maximum Gasteiger partial charge on any atom is 0.320 e. The van der Waals surface area contributed by atoms with E-state index in [2.05, 4.69) is 0 Å². The van der Waals surface area contributed by atoms with Crippen LogP contribution in [-0.2, 0) is 9.59 Å². The molecule has 1 N–H and O–H groups in total. The molecule has 15 heavy (non-hydrogen) atoms. The summed E-state index contributed by atoms with van der Waals surface area (Å²) in [5.74, 6) is -0.702. The Bertz CT molecular complexity index is 247. The molecule has 1 aliphatic heterocycles. The number of amides is 1. The molecule has 0 radical (unpaired) electrons. The number of carbonyl (C=O) groups excluding carboxylic acids is 1. The average Bonchev–Trinajstić information content (AvgIpc) is 2.19. The number of rotatable bonds is 3. The molecule has 1 rings (SSSR count). The molecule has 0 aromatic rings. The number of carboxylic acid groups (broad SMARTS) is 1. The van der Waals surface area contributed by atoms with Crippen molar-refractivity contribution in [2.24, 2.45) is 0 Å². The van der Waals surface area contributed by atoms with Crippen molar-refractivity contribution >= 4 is 11.9 Å². The highest BCUT2D eigenvalue weighted by Crippen LogP contribution is 2.09. The minimum Gasteiger partial charge on any atom is -0.480 e. The molecule has 5 nitrogen and oxygen atoms in total. The smallest absolute Gasteiger partial charge is 0.320 e. The SMILES string of the molecule is CC[C@@H](C(=O)O)N1CCN(C(C)=O)CC1. The Hall–Kier alpha value is -1.10. The van der Waals surface area contributed by atoms with Gasteiger partial charge in [0, 0.05) is 33.1 Å². The first-order valence-electron chi connectivity index (χ1n) is 5.28. The van der Waals surface area contributed by atoms with Gasteiger partial charge in [0.05, 0.1) is 0 Å². The highest BCUT2D eigenvalue weighted by atomic mass is 16.4. The van der Waals surface area contributed by atoms with E-state index in [0.717, 1.165) is 0 Å². The maximum atomic E-state index is 11.1. The van der Waals surface area contributed by atoms with Crippen molar-refractivity contribution in [3.05, 3.63) is 0 Å². The van der Waals surface area contributed by atoms with Crippen molar-refractivity contribution in [2.45, 2.75) is 26.3 Å². The molecule has 1 saturated heterocycles. The molecule has 5 heteroatoms. The summed E-state index contributed by atoms with van der Waals surface area (Å²) in [6.07, 6.45) is 0.607. The molecule has 1 amide bonds. The number of hydrogen-bond donors (Lipinski definition) is 1. The molecule has 86 valence electrons. The second-order valence-electron chi connectivity index (χ2n) is 3.80. The predicted molar refractivity (Wildman–Crippen MR) is 55.5 cm³/mol. The highest BCUT2D eigenvalue weighted by Gasteiger charge is 2.27. The fraction of sp³-hybridized carbons (Fsp3) is 0.800. The van der Waals surface area contributed by atoms with Gasteiger partial charge in [0.15, 0.2) is 0 Å². The molecule has 0 aromatic carbocycles. The van der Waals surface area contributed by atoms with Gasteiger partial charge in [-0.25, -0.2) is 0 Å². The topological polar surface area (TPSA) is 60.9 Å². The molecule has 1 fully saturated rings. The van der Waals surface area contributed by atoms with Gasteiger partial charge in [-0.1, -0.05) is 6.92 Å². The largest absolute Gasteiger partial charge is 0.480 e. The molecule has 0 aliphatic carbocycles. The van der Waals surface area contributed by atoms with Crippen LogP contribution in [0, 0.1) is 0 Å². The first-order valence-corrected chi connectivity index (χ1v) is 5.28. The molecule has 0 unspecified atom stereocenters. The Kier molecular flexibility index (Phi) is 4.08. The van der Waals surface area contributed by atoms with E-state index in [4.69, 9.17) is 5.11 Å². The third-order valence-electron chi connectivity index (χ3n) is 2.87. The third-order valence-corrected chi connectivity index (χ3v) is 2.87. The van der Waals surface area contributed by atoms with Crippen LogP contribution >= 0.6 is 0 Å². The van der Waals surface area contributed by atoms with E-state index in [-0.39, 0.29) is 5.91 Å². The summed E-state index contributed by atoms with van der Waals surface area (Å²) in [5, 5.41) is 8.98. The average molecular weight is 214 g/mol.